The molecule has 158 valence electrons. The molecule has 1 fully saturated rings. The second kappa shape index (κ2) is 11.9. The first kappa shape index (κ1) is 23.3. The van der Waals surface area contributed by atoms with Crippen LogP contribution in [0.25, 0.3) is 0 Å². The summed E-state index contributed by atoms with van der Waals surface area (Å²) >= 11 is 0. The lowest BCUT2D eigenvalue weighted by Gasteiger charge is -2.40. The van der Waals surface area contributed by atoms with Gasteiger partial charge in [0.15, 0.2) is 5.96 Å². The van der Waals surface area contributed by atoms with E-state index < -0.39 is 0 Å². The summed E-state index contributed by atoms with van der Waals surface area (Å²) in [6, 6.07) is 8.71. The molecule has 3 rings (SSSR count). The van der Waals surface area contributed by atoms with E-state index in [0.717, 1.165) is 70.1 Å². The maximum Gasteiger partial charge on any atom is 0.191 e. The van der Waals surface area contributed by atoms with Crippen LogP contribution in [-0.2, 0) is 4.74 Å². The molecule has 1 aliphatic carbocycles. The molecule has 1 aliphatic heterocycles. The minimum Gasteiger partial charge on any atom is -0.487 e. The number of para-hydroxylation sites is 1. The highest BCUT2D eigenvalue weighted by Crippen LogP contribution is 2.46. The smallest absolute Gasteiger partial charge is 0.191 e. The van der Waals surface area contributed by atoms with Crippen molar-refractivity contribution in [1.82, 2.24) is 10.6 Å². The fraction of sp³-hybridized carbons (Fsp3) is 0.682. The molecule has 6 heteroatoms. The summed E-state index contributed by atoms with van der Waals surface area (Å²) in [5.41, 5.74) is 1.25. The van der Waals surface area contributed by atoms with Crippen molar-refractivity contribution in [3.05, 3.63) is 29.8 Å². The van der Waals surface area contributed by atoms with E-state index in [2.05, 4.69) is 41.8 Å². The van der Waals surface area contributed by atoms with Crippen LogP contribution < -0.4 is 15.4 Å². The van der Waals surface area contributed by atoms with Gasteiger partial charge in [0.25, 0.3) is 0 Å². The zero-order chi connectivity index (χ0) is 19.0. The van der Waals surface area contributed by atoms with E-state index >= 15 is 0 Å². The van der Waals surface area contributed by atoms with E-state index in [4.69, 9.17) is 14.5 Å². The van der Waals surface area contributed by atoms with Crippen molar-refractivity contribution < 1.29 is 9.47 Å². The number of halogens is 1. The van der Waals surface area contributed by atoms with Gasteiger partial charge in [0.1, 0.15) is 11.4 Å². The van der Waals surface area contributed by atoms with E-state index in [0.29, 0.717) is 0 Å². The number of rotatable bonds is 8. The molecule has 2 N–H and O–H groups in total. The number of nitrogens with one attached hydrogen (secondary N) is 2. The number of benzene rings is 1. The maximum absolute atomic E-state index is 6.47. The van der Waals surface area contributed by atoms with Gasteiger partial charge in [-0.05, 0) is 58.4 Å². The van der Waals surface area contributed by atoms with E-state index in [1.54, 1.807) is 0 Å². The predicted octanol–water partition coefficient (Wildman–Crippen LogP) is 4.81. The number of aliphatic imine (C=N–C) groups is 1. The van der Waals surface area contributed by atoms with Gasteiger partial charge in [-0.1, -0.05) is 18.2 Å². The Hall–Kier alpha value is -1.02. The molecule has 0 radical (unpaired) electrons. The highest BCUT2D eigenvalue weighted by atomic mass is 127. The van der Waals surface area contributed by atoms with Crippen LogP contribution in [0.1, 0.15) is 70.4 Å². The van der Waals surface area contributed by atoms with Crippen LogP contribution in [0.5, 0.6) is 5.75 Å². The number of ether oxygens (including phenoxy) is 2. The van der Waals surface area contributed by atoms with Crippen LogP contribution in [-0.4, -0.2) is 37.9 Å². The second-order valence-corrected chi connectivity index (χ2v) is 7.60. The van der Waals surface area contributed by atoms with Gasteiger partial charge >= 0.3 is 0 Å². The first-order chi connectivity index (χ1) is 13.3. The minimum absolute atomic E-state index is 0. The number of nitrogens with zero attached hydrogens (tertiary/aromatic N) is 1. The Morgan fingerprint density at radius 2 is 2.00 bits per heavy atom. The van der Waals surface area contributed by atoms with Crippen molar-refractivity contribution in [2.24, 2.45) is 4.99 Å². The molecule has 1 atom stereocenters. The van der Waals surface area contributed by atoms with Gasteiger partial charge in [0.2, 0.25) is 0 Å². The van der Waals surface area contributed by atoms with E-state index in [1.165, 1.54) is 18.4 Å². The summed E-state index contributed by atoms with van der Waals surface area (Å²) in [5, 5.41) is 7.10. The average Bonchev–Trinajstić information content (AvgIpc) is 3.12. The van der Waals surface area contributed by atoms with Crippen molar-refractivity contribution in [2.75, 3.05) is 26.3 Å². The van der Waals surface area contributed by atoms with Gasteiger partial charge in [0, 0.05) is 38.3 Å². The molecular formula is C22H36IN3O2. The zero-order valence-electron chi connectivity index (χ0n) is 17.3. The van der Waals surface area contributed by atoms with Gasteiger partial charge in [-0.2, -0.15) is 0 Å². The van der Waals surface area contributed by atoms with Crippen molar-refractivity contribution in [1.29, 1.82) is 0 Å². The Bertz CT molecular complexity index is 618. The summed E-state index contributed by atoms with van der Waals surface area (Å²) in [6.07, 6.45) is 7.96. The van der Waals surface area contributed by atoms with Crippen LogP contribution >= 0.6 is 24.0 Å². The van der Waals surface area contributed by atoms with Gasteiger partial charge in [-0.25, -0.2) is 0 Å². The first-order valence-electron chi connectivity index (χ1n) is 10.7. The fourth-order valence-corrected chi connectivity index (χ4v) is 4.21. The van der Waals surface area contributed by atoms with Crippen molar-refractivity contribution in [2.45, 2.75) is 70.4 Å². The Balaban J connectivity index is 0.00000280. The van der Waals surface area contributed by atoms with Gasteiger partial charge in [0.05, 0.1) is 6.04 Å². The highest BCUT2D eigenvalue weighted by Gasteiger charge is 2.43. The van der Waals surface area contributed by atoms with Gasteiger partial charge < -0.3 is 20.1 Å². The standard InChI is InChI=1S/C22H35N3O2.HI/c1-3-23-21(24-15-9-10-16-26-4-2)25-19-17-22(13-7-8-14-22)27-20-12-6-5-11-18(19)20;/h5-6,11-12,19H,3-4,7-10,13-17H2,1-2H3,(H2,23,24,25);1H. The number of fused-ring (bicyclic) bond motifs is 1. The zero-order valence-corrected chi connectivity index (χ0v) is 19.7. The Labute approximate surface area is 187 Å². The molecule has 0 bridgehead atoms. The molecule has 0 saturated heterocycles. The van der Waals surface area contributed by atoms with Gasteiger partial charge in [-0.15, -0.1) is 24.0 Å². The molecule has 2 aliphatic rings. The van der Waals surface area contributed by atoms with Crippen molar-refractivity contribution >= 4 is 29.9 Å². The van der Waals surface area contributed by atoms with Crippen LogP contribution in [0.4, 0.5) is 0 Å². The van der Waals surface area contributed by atoms with Crippen LogP contribution in [0.3, 0.4) is 0 Å². The lowest BCUT2D eigenvalue weighted by molar-refractivity contribution is 0.0396. The number of hydrogen-bond acceptors (Lipinski definition) is 3. The largest absolute Gasteiger partial charge is 0.487 e. The van der Waals surface area contributed by atoms with Gasteiger partial charge in [-0.3, -0.25) is 4.99 Å². The SMILES string of the molecule is CCNC(=NCCCCOCC)NC1CC2(CCCC2)Oc2ccccc21.I. The number of unbranched alkanes of at least 4 members (excludes halogenated alkanes) is 1. The third kappa shape index (κ3) is 6.24. The lowest BCUT2D eigenvalue weighted by Crippen LogP contribution is -2.46. The van der Waals surface area contributed by atoms with E-state index in [9.17, 15) is 0 Å². The topological polar surface area (TPSA) is 54.9 Å². The molecule has 28 heavy (non-hydrogen) atoms. The predicted molar refractivity (Wildman–Crippen MR) is 126 cm³/mol. The highest BCUT2D eigenvalue weighted by molar-refractivity contribution is 14.0. The molecule has 5 nitrogen and oxygen atoms in total. The summed E-state index contributed by atoms with van der Waals surface area (Å²) in [5.74, 6) is 1.94. The lowest BCUT2D eigenvalue weighted by atomic mass is 9.86. The molecule has 0 amide bonds. The second-order valence-electron chi connectivity index (χ2n) is 7.60. The Morgan fingerprint density at radius 1 is 1.21 bits per heavy atom. The average molecular weight is 501 g/mol. The van der Waals surface area contributed by atoms with Crippen LogP contribution in [0.15, 0.2) is 29.3 Å². The van der Waals surface area contributed by atoms with Crippen LogP contribution in [0, 0.1) is 0 Å². The Kier molecular flexibility index (Phi) is 9.85. The Morgan fingerprint density at radius 3 is 2.75 bits per heavy atom. The maximum atomic E-state index is 6.47. The quantitative estimate of drug-likeness (QED) is 0.232. The van der Waals surface area contributed by atoms with E-state index in [-0.39, 0.29) is 35.6 Å². The summed E-state index contributed by atoms with van der Waals surface area (Å²) < 4.78 is 11.9. The summed E-state index contributed by atoms with van der Waals surface area (Å²) in [7, 11) is 0. The third-order valence-corrected chi connectivity index (χ3v) is 5.54. The molecule has 0 aromatic heterocycles. The number of hydrogen-bond donors (Lipinski definition) is 2. The molecule has 1 saturated carbocycles. The monoisotopic (exact) mass is 501 g/mol. The van der Waals surface area contributed by atoms with Crippen molar-refractivity contribution in [3.8, 4) is 5.75 Å². The molecular weight excluding hydrogens is 465 g/mol. The molecule has 1 unspecified atom stereocenters. The van der Waals surface area contributed by atoms with E-state index in [1.807, 2.05) is 6.92 Å². The fourth-order valence-electron chi connectivity index (χ4n) is 4.21. The minimum atomic E-state index is 0. The molecule has 1 aromatic rings. The summed E-state index contributed by atoms with van der Waals surface area (Å²) in [6.45, 7) is 7.44. The normalized spacial score (nSPS) is 20.2. The molecule has 1 spiro atoms. The first-order valence-corrected chi connectivity index (χ1v) is 10.7. The van der Waals surface area contributed by atoms with Crippen LogP contribution in [0.2, 0.25) is 0 Å². The number of guanidine groups is 1. The van der Waals surface area contributed by atoms with Crippen molar-refractivity contribution in [3.63, 3.8) is 0 Å². The third-order valence-electron chi connectivity index (χ3n) is 5.54. The molecule has 1 aromatic carbocycles. The summed E-state index contributed by atoms with van der Waals surface area (Å²) in [4.78, 5) is 4.79. The molecule has 1 heterocycles.